The van der Waals surface area contributed by atoms with E-state index in [2.05, 4.69) is 33.4 Å². The van der Waals surface area contributed by atoms with E-state index in [9.17, 15) is 0 Å². The Labute approximate surface area is 199 Å². The van der Waals surface area contributed by atoms with Crippen LogP contribution in [-0.4, -0.2) is 12.1 Å². The van der Waals surface area contributed by atoms with Crippen LogP contribution in [-0.2, 0) is 13.2 Å². The van der Waals surface area contributed by atoms with Gasteiger partial charge in [-0.3, -0.25) is 0 Å². The van der Waals surface area contributed by atoms with Crippen molar-refractivity contribution in [3.8, 4) is 11.5 Å². The van der Waals surface area contributed by atoms with Crippen LogP contribution in [0, 0.1) is 17.8 Å². The molecular formula is C26H31BrClNO2. The molecule has 4 aliphatic carbocycles. The molecule has 2 aromatic rings. The first-order valence-corrected chi connectivity index (χ1v) is 12.8. The maximum absolute atomic E-state index is 6.30. The molecule has 4 bridgehead atoms. The minimum absolute atomic E-state index is 0.353. The van der Waals surface area contributed by atoms with Crippen molar-refractivity contribution in [2.75, 3.05) is 6.61 Å². The fourth-order valence-corrected chi connectivity index (χ4v) is 7.30. The van der Waals surface area contributed by atoms with Gasteiger partial charge in [0.25, 0.3) is 0 Å². The average molecular weight is 505 g/mol. The molecule has 2 aromatic carbocycles. The lowest BCUT2D eigenvalue weighted by Crippen LogP contribution is -2.58. The minimum Gasteiger partial charge on any atom is -0.490 e. The number of hydrogen-bond donors (Lipinski definition) is 1. The highest BCUT2D eigenvalue weighted by Gasteiger charge is 2.50. The number of rotatable bonds is 8. The minimum atomic E-state index is 0.353. The van der Waals surface area contributed by atoms with Gasteiger partial charge in [0.05, 0.1) is 11.1 Å². The summed E-state index contributed by atoms with van der Waals surface area (Å²) in [6, 6.07) is 12.1. The fourth-order valence-electron chi connectivity index (χ4n) is 6.51. The normalized spacial score (nSPS) is 28.7. The number of benzene rings is 2. The molecule has 5 heteroatoms. The summed E-state index contributed by atoms with van der Waals surface area (Å²) in [7, 11) is 0. The van der Waals surface area contributed by atoms with Crippen LogP contribution in [0.4, 0.5) is 0 Å². The van der Waals surface area contributed by atoms with E-state index < -0.39 is 0 Å². The van der Waals surface area contributed by atoms with Gasteiger partial charge in [0.2, 0.25) is 0 Å². The smallest absolute Gasteiger partial charge is 0.175 e. The van der Waals surface area contributed by atoms with Crippen LogP contribution in [0.1, 0.15) is 56.6 Å². The van der Waals surface area contributed by atoms with Crippen LogP contribution in [0.5, 0.6) is 11.5 Å². The summed E-state index contributed by atoms with van der Waals surface area (Å²) in [5, 5.41) is 4.71. The van der Waals surface area contributed by atoms with Gasteiger partial charge in [0.15, 0.2) is 11.5 Å². The first-order chi connectivity index (χ1) is 15.0. The molecule has 4 saturated carbocycles. The molecule has 0 saturated heterocycles. The predicted octanol–water partition coefficient (Wildman–Crippen LogP) is 7.14. The molecule has 166 valence electrons. The molecule has 0 aliphatic heterocycles. The van der Waals surface area contributed by atoms with E-state index in [1.807, 2.05) is 31.2 Å². The van der Waals surface area contributed by atoms with E-state index >= 15 is 0 Å². The largest absolute Gasteiger partial charge is 0.490 e. The maximum Gasteiger partial charge on any atom is 0.175 e. The molecule has 0 spiro atoms. The van der Waals surface area contributed by atoms with E-state index in [1.54, 1.807) is 0 Å². The van der Waals surface area contributed by atoms with E-state index in [4.69, 9.17) is 21.1 Å². The van der Waals surface area contributed by atoms with Gasteiger partial charge in [0, 0.05) is 22.7 Å². The van der Waals surface area contributed by atoms with Crippen molar-refractivity contribution < 1.29 is 9.47 Å². The monoisotopic (exact) mass is 503 g/mol. The van der Waals surface area contributed by atoms with Crippen LogP contribution in [0.15, 0.2) is 40.9 Å². The summed E-state index contributed by atoms with van der Waals surface area (Å²) in [5.74, 6) is 4.37. The zero-order valence-corrected chi connectivity index (χ0v) is 20.5. The van der Waals surface area contributed by atoms with Gasteiger partial charge < -0.3 is 14.8 Å². The highest BCUT2D eigenvalue weighted by molar-refractivity contribution is 9.10. The fraction of sp³-hybridized carbons (Fsp3) is 0.538. The molecule has 4 aliphatic rings. The third kappa shape index (κ3) is 4.62. The van der Waals surface area contributed by atoms with E-state index in [-0.39, 0.29) is 0 Å². The van der Waals surface area contributed by atoms with E-state index in [1.165, 1.54) is 44.1 Å². The summed E-state index contributed by atoms with van der Waals surface area (Å²) >= 11 is 10.0. The number of nitrogens with one attached hydrogen (secondary N) is 1. The second-order valence-electron chi connectivity index (χ2n) is 9.77. The summed E-state index contributed by atoms with van der Waals surface area (Å²) < 4.78 is 13.0. The number of halogens is 2. The molecule has 0 atom stereocenters. The van der Waals surface area contributed by atoms with Gasteiger partial charge in [-0.1, -0.05) is 29.8 Å². The molecule has 31 heavy (non-hydrogen) atoms. The van der Waals surface area contributed by atoms with Crippen LogP contribution in [0.2, 0.25) is 5.02 Å². The highest BCUT2D eigenvalue weighted by atomic mass is 79.9. The lowest BCUT2D eigenvalue weighted by atomic mass is 9.53. The first kappa shape index (κ1) is 21.6. The Morgan fingerprint density at radius 2 is 1.71 bits per heavy atom. The van der Waals surface area contributed by atoms with Crippen molar-refractivity contribution in [2.24, 2.45) is 17.8 Å². The summed E-state index contributed by atoms with van der Waals surface area (Å²) in [6.45, 7) is 3.88. The molecule has 0 unspecified atom stereocenters. The second-order valence-corrected chi connectivity index (χ2v) is 11.0. The third-order valence-corrected chi connectivity index (χ3v) is 8.36. The maximum atomic E-state index is 6.30. The molecule has 1 N–H and O–H groups in total. The van der Waals surface area contributed by atoms with Crippen LogP contribution < -0.4 is 14.8 Å². The molecule has 0 heterocycles. The van der Waals surface area contributed by atoms with Gasteiger partial charge in [0.1, 0.15) is 6.61 Å². The van der Waals surface area contributed by atoms with Crippen LogP contribution >= 0.6 is 27.5 Å². The first-order valence-electron chi connectivity index (χ1n) is 11.6. The van der Waals surface area contributed by atoms with Crippen molar-refractivity contribution in [2.45, 2.75) is 64.1 Å². The van der Waals surface area contributed by atoms with Crippen LogP contribution in [0.25, 0.3) is 0 Å². The second kappa shape index (κ2) is 8.96. The zero-order chi connectivity index (χ0) is 21.4. The van der Waals surface area contributed by atoms with Crippen molar-refractivity contribution >= 4 is 27.5 Å². The summed E-state index contributed by atoms with van der Waals surface area (Å²) in [6.07, 6.45) is 8.49. The van der Waals surface area contributed by atoms with Gasteiger partial charge >= 0.3 is 0 Å². The van der Waals surface area contributed by atoms with E-state index in [0.717, 1.165) is 45.8 Å². The molecule has 0 aromatic heterocycles. The lowest BCUT2D eigenvalue weighted by Gasteiger charge is -2.57. The number of ether oxygens (including phenoxy) is 2. The van der Waals surface area contributed by atoms with Gasteiger partial charge in [-0.25, -0.2) is 0 Å². The molecule has 3 nitrogen and oxygen atoms in total. The quantitative estimate of drug-likeness (QED) is 0.414. The molecule has 6 rings (SSSR count). The molecule has 0 radical (unpaired) electrons. The Morgan fingerprint density at radius 3 is 2.35 bits per heavy atom. The lowest BCUT2D eigenvalue weighted by molar-refractivity contribution is -0.0206. The van der Waals surface area contributed by atoms with Gasteiger partial charge in [-0.2, -0.15) is 0 Å². The third-order valence-electron chi connectivity index (χ3n) is 7.40. The Kier molecular flexibility index (Phi) is 6.24. The zero-order valence-electron chi connectivity index (χ0n) is 18.1. The van der Waals surface area contributed by atoms with Gasteiger partial charge in [-0.15, -0.1) is 0 Å². The van der Waals surface area contributed by atoms with Crippen molar-refractivity contribution in [3.05, 3.63) is 57.0 Å². The summed E-state index contributed by atoms with van der Waals surface area (Å²) in [5.41, 5.74) is 2.55. The summed E-state index contributed by atoms with van der Waals surface area (Å²) in [4.78, 5) is 0. The Morgan fingerprint density at radius 1 is 1.03 bits per heavy atom. The van der Waals surface area contributed by atoms with Gasteiger partial charge in [-0.05, 0) is 103 Å². The Bertz CT molecular complexity index is 912. The Balaban J connectivity index is 1.30. The average Bonchev–Trinajstić information content (AvgIpc) is 2.72. The SMILES string of the molecule is CCOc1cc(CNC23CC4CC(CC(C4)C2)C3)cc(Br)c1OCc1ccccc1Cl. The topological polar surface area (TPSA) is 30.5 Å². The van der Waals surface area contributed by atoms with Crippen molar-refractivity contribution in [1.82, 2.24) is 5.32 Å². The molecular weight excluding hydrogens is 474 g/mol. The van der Waals surface area contributed by atoms with Crippen LogP contribution in [0.3, 0.4) is 0 Å². The van der Waals surface area contributed by atoms with E-state index in [0.29, 0.717) is 23.8 Å². The molecule has 4 fully saturated rings. The predicted molar refractivity (Wildman–Crippen MR) is 129 cm³/mol. The number of hydrogen-bond acceptors (Lipinski definition) is 3. The standard InChI is InChI=1S/C26H31BrClNO2/c1-2-30-24-11-20(10-22(27)25(24)31-16-21-5-3-4-6-23(21)28)15-29-26-12-17-7-18(13-26)9-19(8-17)14-26/h3-6,10-11,17-19,29H,2,7-9,12-16H2,1H3. The van der Waals surface area contributed by atoms with Crippen molar-refractivity contribution in [3.63, 3.8) is 0 Å². The Hall–Kier alpha value is -1.23. The highest BCUT2D eigenvalue weighted by Crippen LogP contribution is 2.55. The molecule has 0 amide bonds. The van der Waals surface area contributed by atoms with Crippen molar-refractivity contribution in [1.29, 1.82) is 0 Å².